The van der Waals surface area contributed by atoms with Gasteiger partial charge in [-0.25, -0.2) is 4.79 Å². The van der Waals surface area contributed by atoms with Gasteiger partial charge in [0, 0.05) is 29.3 Å². The van der Waals surface area contributed by atoms with Gasteiger partial charge in [-0.3, -0.25) is 4.79 Å². The average molecular weight is 556 g/mol. The Bertz CT molecular complexity index is 1510. The third kappa shape index (κ3) is 5.91. The summed E-state index contributed by atoms with van der Waals surface area (Å²) in [6.07, 6.45) is 0.827. The Hall–Kier alpha value is -4.72. The predicted molar refractivity (Wildman–Crippen MR) is 153 cm³/mol. The van der Waals surface area contributed by atoms with Crippen LogP contribution < -0.4 is 19.5 Å². The number of nitrogens with one attached hydrogen (secondary N) is 1. The van der Waals surface area contributed by atoms with E-state index in [4.69, 9.17) is 18.9 Å². The van der Waals surface area contributed by atoms with E-state index in [1.165, 1.54) is 0 Å². The molecule has 3 aromatic rings. The number of carbonyl (C=O) groups excluding carboxylic acids is 2. The van der Waals surface area contributed by atoms with Gasteiger partial charge >= 0.3 is 5.97 Å². The number of phenolic OH excluding ortho intramolecular Hbond substituents is 1. The first-order valence-corrected chi connectivity index (χ1v) is 13.5. The van der Waals surface area contributed by atoms with Crippen molar-refractivity contribution in [1.82, 2.24) is 5.32 Å². The van der Waals surface area contributed by atoms with Gasteiger partial charge in [0.15, 0.2) is 17.3 Å². The summed E-state index contributed by atoms with van der Waals surface area (Å²) in [5, 5.41) is 13.6. The highest BCUT2D eigenvalue weighted by Gasteiger charge is 2.41. The van der Waals surface area contributed by atoms with Crippen LogP contribution in [0.15, 0.2) is 95.3 Å². The molecule has 0 amide bonds. The summed E-state index contributed by atoms with van der Waals surface area (Å²) in [7, 11) is 3.17. The number of esters is 1. The number of aromatic hydroxyl groups is 1. The number of ether oxygens (including phenoxy) is 4. The van der Waals surface area contributed by atoms with Gasteiger partial charge in [0.25, 0.3) is 0 Å². The van der Waals surface area contributed by atoms with E-state index in [9.17, 15) is 14.7 Å². The molecule has 2 N–H and O–H groups in total. The second-order valence-corrected chi connectivity index (χ2v) is 10.0. The first-order valence-electron chi connectivity index (χ1n) is 13.5. The lowest BCUT2D eigenvalue weighted by atomic mass is 9.71. The van der Waals surface area contributed by atoms with Crippen LogP contribution in [-0.2, 0) is 14.3 Å². The summed E-state index contributed by atoms with van der Waals surface area (Å²) in [6.45, 7) is 2.03. The maximum atomic E-state index is 13.8. The molecule has 0 fully saturated rings. The Morgan fingerprint density at radius 1 is 0.902 bits per heavy atom. The topological polar surface area (TPSA) is 103 Å². The molecule has 3 aromatic carbocycles. The zero-order valence-corrected chi connectivity index (χ0v) is 23.3. The largest absolute Gasteiger partial charge is 0.508 e. The third-order valence-electron chi connectivity index (χ3n) is 7.46. The van der Waals surface area contributed by atoms with Gasteiger partial charge in [-0.2, -0.15) is 0 Å². The zero-order valence-electron chi connectivity index (χ0n) is 23.3. The van der Waals surface area contributed by atoms with Crippen LogP contribution in [0.5, 0.6) is 23.0 Å². The molecule has 8 heteroatoms. The fraction of sp³-hybridized carbons (Fsp3) is 0.273. The van der Waals surface area contributed by atoms with E-state index < -0.39 is 11.9 Å². The van der Waals surface area contributed by atoms with Crippen molar-refractivity contribution >= 4 is 11.8 Å². The molecule has 5 rings (SSSR count). The lowest BCUT2D eigenvalue weighted by molar-refractivity contribution is -0.140. The number of carbonyl (C=O) groups is 2. The SMILES string of the molecule is COc1ccc([C@H]2CC(=O)C3=C(C2)NC(C)=C(C(=O)OCCOc2ccccc2)[C@H]3c2cccc(O)c2)cc1OC. The molecule has 0 unspecified atom stereocenters. The minimum Gasteiger partial charge on any atom is -0.508 e. The van der Waals surface area contributed by atoms with E-state index >= 15 is 0 Å². The molecular weight excluding hydrogens is 522 g/mol. The molecule has 2 aliphatic rings. The van der Waals surface area contributed by atoms with Crippen molar-refractivity contribution in [3.05, 3.63) is 106 Å². The fourth-order valence-corrected chi connectivity index (χ4v) is 5.58. The molecule has 0 saturated carbocycles. The molecule has 0 bridgehead atoms. The first-order chi connectivity index (χ1) is 19.9. The highest BCUT2D eigenvalue weighted by molar-refractivity contribution is 6.04. The lowest BCUT2D eigenvalue weighted by Gasteiger charge is -2.36. The van der Waals surface area contributed by atoms with Crippen molar-refractivity contribution in [2.45, 2.75) is 31.6 Å². The van der Waals surface area contributed by atoms with Crippen molar-refractivity contribution in [2.24, 2.45) is 0 Å². The van der Waals surface area contributed by atoms with Crippen LogP contribution in [0.1, 0.15) is 42.7 Å². The zero-order chi connectivity index (χ0) is 28.9. The Balaban J connectivity index is 1.42. The van der Waals surface area contributed by atoms with Gasteiger partial charge in [-0.1, -0.05) is 36.4 Å². The third-order valence-corrected chi connectivity index (χ3v) is 7.46. The van der Waals surface area contributed by atoms with E-state index in [0.717, 1.165) is 11.3 Å². The lowest BCUT2D eigenvalue weighted by Crippen LogP contribution is -2.36. The van der Waals surface area contributed by atoms with Gasteiger partial charge < -0.3 is 29.4 Å². The summed E-state index contributed by atoms with van der Waals surface area (Å²) >= 11 is 0. The molecule has 1 aliphatic carbocycles. The summed E-state index contributed by atoms with van der Waals surface area (Å²) in [5.74, 6) is 0.574. The van der Waals surface area contributed by atoms with E-state index in [1.54, 1.807) is 39.3 Å². The minimum absolute atomic E-state index is 0.0402. The number of hydrogen-bond donors (Lipinski definition) is 2. The van der Waals surface area contributed by atoms with Crippen LogP contribution in [-0.4, -0.2) is 44.3 Å². The number of allylic oxidation sites excluding steroid dienone is 3. The Labute approximate surface area is 239 Å². The van der Waals surface area contributed by atoms with E-state index in [-0.39, 0.29) is 37.1 Å². The van der Waals surface area contributed by atoms with Crippen molar-refractivity contribution in [3.63, 3.8) is 0 Å². The number of dihydropyridines is 1. The van der Waals surface area contributed by atoms with Crippen molar-refractivity contribution in [2.75, 3.05) is 27.4 Å². The molecule has 1 aliphatic heterocycles. The summed E-state index contributed by atoms with van der Waals surface area (Å²) in [6, 6.07) is 21.6. The number of Topliss-reactive ketones (excluding diaryl/α,β-unsaturated/α-hetero) is 1. The number of ketones is 1. The number of para-hydroxylation sites is 1. The normalized spacial score (nSPS) is 18.4. The van der Waals surface area contributed by atoms with Crippen LogP contribution in [0.4, 0.5) is 0 Å². The summed E-state index contributed by atoms with van der Waals surface area (Å²) in [5.41, 5.74) is 3.83. The number of methoxy groups -OCH3 is 2. The van der Waals surface area contributed by atoms with Crippen LogP contribution >= 0.6 is 0 Å². The van der Waals surface area contributed by atoms with Gasteiger partial charge in [0.05, 0.1) is 19.8 Å². The second kappa shape index (κ2) is 12.2. The number of phenols is 1. The molecule has 0 spiro atoms. The molecule has 2 atom stereocenters. The minimum atomic E-state index is -0.681. The Kier molecular flexibility index (Phi) is 8.29. The molecule has 41 heavy (non-hydrogen) atoms. The molecule has 0 radical (unpaired) electrons. The molecule has 212 valence electrons. The van der Waals surface area contributed by atoms with E-state index in [0.29, 0.717) is 46.1 Å². The van der Waals surface area contributed by atoms with Crippen LogP contribution in [0, 0.1) is 0 Å². The molecule has 0 aromatic heterocycles. The van der Waals surface area contributed by atoms with Gasteiger partial charge in [-0.15, -0.1) is 0 Å². The Morgan fingerprint density at radius 2 is 1.68 bits per heavy atom. The van der Waals surface area contributed by atoms with Crippen molar-refractivity contribution in [3.8, 4) is 23.0 Å². The van der Waals surface area contributed by atoms with Crippen LogP contribution in [0.2, 0.25) is 0 Å². The molecule has 1 heterocycles. The molecule has 8 nitrogen and oxygen atoms in total. The van der Waals surface area contributed by atoms with Crippen molar-refractivity contribution < 1.29 is 33.6 Å². The monoisotopic (exact) mass is 555 g/mol. The smallest absolute Gasteiger partial charge is 0.336 e. The van der Waals surface area contributed by atoms with Crippen LogP contribution in [0.3, 0.4) is 0 Å². The maximum absolute atomic E-state index is 13.8. The highest BCUT2D eigenvalue weighted by Crippen LogP contribution is 2.46. The summed E-state index contributed by atoms with van der Waals surface area (Å²) < 4.78 is 22.1. The number of rotatable bonds is 9. The van der Waals surface area contributed by atoms with Crippen LogP contribution in [0.25, 0.3) is 0 Å². The quantitative estimate of drug-likeness (QED) is 0.268. The summed E-state index contributed by atoms with van der Waals surface area (Å²) in [4.78, 5) is 27.3. The highest BCUT2D eigenvalue weighted by atomic mass is 16.6. The molecule has 0 saturated heterocycles. The van der Waals surface area contributed by atoms with Crippen molar-refractivity contribution in [1.29, 1.82) is 0 Å². The second-order valence-electron chi connectivity index (χ2n) is 10.0. The number of hydrogen-bond acceptors (Lipinski definition) is 8. The van der Waals surface area contributed by atoms with Gasteiger partial charge in [-0.05, 0) is 66.8 Å². The standard InChI is InChI=1S/C33H33NO7/c1-20-30(33(37)41-15-14-40-25-10-5-4-6-11-25)31(22-8-7-9-24(35)16-22)32-26(34-20)17-23(18-27(32)36)21-12-13-28(38-2)29(19-21)39-3/h4-13,16,19,23,31,34-35H,14-15,17-18H2,1-3H3/t23-,31-/m1/s1. The fourth-order valence-electron chi connectivity index (χ4n) is 5.58. The van der Waals surface area contributed by atoms with E-state index in [2.05, 4.69) is 5.32 Å². The van der Waals surface area contributed by atoms with E-state index in [1.807, 2.05) is 54.6 Å². The Morgan fingerprint density at radius 3 is 2.41 bits per heavy atom. The number of benzene rings is 3. The van der Waals surface area contributed by atoms with Gasteiger partial charge in [0.2, 0.25) is 0 Å². The first kappa shape index (κ1) is 27.8. The van der Waals surface area contributed by atoms with Gasteiger partial charge in [0.1, 0.15) is 24.7 Å². The average Bonchev–Trinajstić information content (AvgIpc) is 2.98. The maximum Gasteiger partial charge on any atom is 0.336 e. The molecular formula is C33H33NO7. The predicted octanol–water partition coefficient (Wildman–Crippen LogP) is 5.39.